The lowest BCUT2D eigenvalue weighted by Gasteiger charge is -2.12. The smallest absolute Gasteiger partial charge is 0.257 e. The van der Waals surface area contributed by atoms with Crippen LogP contribution in [0.4, 0.5) is 11.4 Å². The van der Waals surface area contributed by atoms with Crippen LogP contribution in [0, 0.1) is 0 Å². The summed E-state index contributed by atoms with van der Waals surface area (Å²) < 4.78 is 5.46. The minimum absolute atomic E-state index is 0.322. The highest BCUT2D eigenvalue weighted by Crippen LogP contribution is 2.25. The maximum absolute atomic E-state index is 12.2. The summed E-state index contributed by atoms with van der Waals surface area (Å²) in [6.07, 6.45) is 0. The molecule has 0 radical (unpaired) electrons. The summed E-state index contributed by atoms with van der Waals surface area (Å²) in [6, 6.07) is 12.0. The summed E-state index contributed by atoms with van der Waals surface area (Å²) in [6.45, 7) is 2.40. The number of carbonyl (C=O) groups is 1. The number of amides is 1. The number of benzene rings is 2. The molecule has 5 heteroatoms. The Labute approximate surface area is 122 Å². The van der Waals surface area contributed by atoms with E-state index >= 15 is 0 Å². The molecular formula is C15H15ClN2O2. The van der Waals surface area contributed by atoms with E-state index in [1.165, 1.54) is 6.07 Å². The summed E-state index contributed by atoms with van der Waals surface area (Å²) in [5.41, 5.74) is 7.10. The summed E-state index contributed by atoms with van der Waals surface area (Å²) in [4.78, 5) is 12.2. The van der Waals surface area contributed by atoms with Crippen LogP contribution in [0.5, 0.6) is 5.75 Å². The lowest BCUT2D eigenvalue weighted by Crippen LogP contribution is -2.14. The van der Waals surface area contributed by atoms with Crippen LogP contribution in [0.15, 0.2) is 42.5 Å². The van der Waals surface area contributed by atoms with Gasteiger partial charge < -0.3 is 15.8 Å². The molecule has 0 aliphatic heterocycles. The fourth-order valence-electron chi connectivity index (χ4n) is 1.77. The van der Waals surface area contributed by atoms with Gasteiger partial charge in [-0.15, -0.1) is 0 Å². The molecule has 0 bridgehead atoms. The van der Waals surface area contributed by atoms with Crippen molar-refractivity contribution in [1.29, 1.82) is 0 Å². The molecule has 2 aromatic carbocycles. The minimum Gasteiger partial charge on any atom is -0.492 e. The number of halogens is 1. The Morgan fingerprint density at radius 1 is 1.30 bits per heavy atom. The van der Waals surface area contributed by atoms with Crippen LogP contribution in [0.2, 0.25) is 5.02 Å². The van der Waals surface area contributed by atoms with Gasteiger partial charge in [0.15, 0.2) is 0 Å². The molecule has 0 spiro atoms. The van der Waals surface area contributed by atoms with Gasteiger partial charge in [-0.25, -0.2) is 0 Å². The average Bonchev–Trinajstić information content (AvgIpc) is 2.44. The van der Waals surface area contributed by atoms with E-state index in [1.54, 1.807) is 24.3 Å². The van der Waals surface area contributed by atoms with Crippen LogP contribution in [-0.4, -0.2) is 12.5 Å². The van der Waals surface area contributed by atoms with Crippen molar-refractivity contribution < 1.29 is 9.53 Å². The average molecular weight is 291 g/mol. The first-order valence-corrected chi connectivity index (χ1v) is 6.58. The maximum Gasteiger partial charge on any atom is 0.257 e. The molecule has 0 aliphatic rings. The third-order valence-electron chi connectivity index (χ3n) is 2.70. The number of anilines is 2. The SMILES string of the molecule is CCOc1ccccc1NC(=O)c1cc(Cl)ccc1N. The largest absolute Gasteiger partial charge is 0.492 e. The van der Waals surface area contributed by atoms with E-state index in [2.05, 4.69) is 5.32 Å². The number of nitrogen functional groups attached to an aromatic ring is 1. The molecule has 0 aliphatic carbocycles. The van der Waals surface area contributed by atoms with Crippen molar-refractivity contribution in [3.63, 3.8) is 0 Å². The quantitative estimate of drug-likeness (QED) is 0.846. The van der Waals surface area contributed by atoms with Crippen molar-refractivity contribution in [2.24, 2.45) is 0 Å². The van der Waals surface area contributed by atoms with Crippen LogP contribution in [-0.2, 0) is 0 Å². The first-order chi connectivity index (χ1) is 9.61. The Morgan fingerprint density at radius 3 is 2.80 bits per heavy atom. The van der Waals surface area contributed by atoms with Crippen molar-refractivity contribution in [1.82, 2.24) is 0 Å². The van der Waals surface area contributed by atoms with Gasteiger partial charge in [0.05, 0.1) is 17.9 Å². The second kappa shape index (κ2) is 6.30. The lowest BCUT2D eigenvalue weighted by molar-refractivity contribution is 0.102. The Hall–Kier alpha value is -2.20. The standard InChI is InChI=1S/C15H15ClN2O2/c1-2-20-14-6-4-3-5-13(14)18-15(19)11-9-10(16)7-8-12(11)17/h3-9H,2,17H2,1H3,(H,18,19). The van der Waals surface area contributed by atoms with Crippen molar-refractivity contribution >= 4 is 28.9 Å². The second-order valence-electron chi connectivity index (χ2n) is 4.11. The number of hydrogen-bond acceptors (Lipinski definition) is 3. The van der Waals surface area contributed by atoms with Gasteiger partial charge in [0, 0.05) is 10.7 Å². The Kier molecular flexibility index (Phi) is 4.48. The van der Waals surface area contributed by atoms with Crippen molar-refractivity contribution in [2.75, 3.05) is 17.7 Å². The van der Waals surface area contributed by atoms with Crippen molar-refractivity contribution in [3.05, 3.63) is 53.1 Å². The zero-order valence-corrected chi connectivity index (χ0v) is 11.8. The van der Waals surface area contributed by atoms with Gasteiger partial charge in [-0.05, 0) is 37.3 Å². The van der Waals surface area contributed by atoms with E-state index in [0.717, 1.165) is 0 Å². The van der Waals surface area contributed by atoms with Crippen LogP contribution >= 0.6 is 11.6 Å². The minimum atomic E-state index is -0.322. The highest BCUT2D eigenvalue weighted by molar-refractivity contribution is 6.31. The number of carbonyl (C=O) groups excluding carboxylic acids is 1. The summed E-state index contributed by atoms with van der Waals surface area (Å²) in [7, 11) is 0. The molecule has 0 saturated carbocycles. The zero-order valence-electron chi connectivity index (χ0n) is 11.0. The van der Waals surface area contributed by atoms with E-state index in [4.69, 9.17) is 22.1 Å². The number of ether oxygens (including phenoxy) is 1. The number of nitrogens with two attached hydrogens (primary N) is 1. The third-order valence-corrected chi connectivity index (χ3v) is 2.93. The predicted octanol–water partition coefficient (Wildman–Crippen LogP) is 3.57. The Bertz CT molecular complexity index is 629. The van der Waals surface area contributed by atoms with Gasteiger partial charge in [-0.1, -0.05) is 23.7 Å². The topological polar surface area (TPSA) is 64.3 Å². The van der Waals surface area contributed by atoms with Crippen molar-refractivity contribution in [2.45, 2.75) is 6.92 Å². The van der Waals surface area contributed by atoms with Crippen LogP contribution in [0.1, 0.15) is 17.3 Å². The number of hydrogen-bond donors (Lipinski definition) is 2. The monoisotopic (exact) mass is 290 g/mol. The highest BCUT2D eigenvalue weighted by atomic mass is 35.5. The van der Waals surface area contributed by atoms with E-state index in [9.17, 15) is 4.79 Å². The van der Waals surface area contributed by atoms with Gasteiger partial charge in [0.2, 0.25) is 0 Å². The van der Waals surface area contributed by atoms with Gasteiger partial charge >= 0.3 is 0 Å². The van der Waals surface area contributed by atoms with E-state index < -0.39 is 0 Å². The molecule has 0 atom stereocenters. The van der Waals surface area contributed by atoms with Crippen LogP contribution in [0.3, 0.4) is 0 Å². The Morgan fingerprint density at radius 2 is 2.05 bits per heavy atom. The molecule has 0 saturated heterocycles. The Balaban J connectivity index is 2.26. The number of rotatable bonds is 4. The maximum atomic E-state index is 12.2. The summed E-state index contributed by atoms with van der Waals surface area (Å²) in [5.74, 6) is 0.293. The summed E-state index contributed by atoms with van der Waals surface area (Å²) in [5, 5.41) is 3.24. The fourth-order valence-corrected chi connectivity index (χ4v) is 1.94. The molecule has 0 unspecified atom stereocenters. The molecule has 20 heavy (non-hydrogen) atoms. The van der Waals surface area contributed by atoms with Crippen LogP contribution < -0.4 is 15.8 Å². The van der Waals surface area contributed by atoms with Crippen LogP contribution in [0.25, 0.3) is 0 Å². The first-order valence-electron chi connectivity index (χ1n) is 6.20. The lowest BCUT2D eigenvalue weighted by atomic mass is 10.1. The van der Waals surface area contributed by atoms with Gasteiger partial charge in [0.1, 0.15) is 5.75 Å². The molecule has 0 fully saturated rings. The van der Waals surface area contributed by atoms with E-state index in [-0.39, 0.29) is 5.91 Å². The van der Waals surface area contributed by atoms with Gasteiger partial charge in [0.25, 0.3) is 5.91 Å². The predicted molar refractivity (Wildman–Crippen MR) is 81.4 cm³/mol. The molecule has 104 valence electrons. The third kappa shape index (κ3) is 3.22. The molecule has 0 heterocycles. The first kappa shape index (κ1) is 14.2. The van der Waals surface area contributed by atoms with Crippen molar-refractivity contribution in [3.8, 4) is 5.75 Å². The molecular weight excluding hydrogens is 276 g/mol. The second-order valence-corrected chi connectivity index (χ2v) is 4.55. The normalized spacial score (nSPS) is 10.1. The zero-order chi connectivity index (χ0) is 14.5. The molecule has 2 rings (SSSR count). The fraction of sp³-hybridized carbons (Fsp3) is 0.133. The molecule has 4 nitrogen and oxygen atoms in total. The molecule has 0 aromatic heterocycles. The van der Waals surface area contributed by atoms with E-state index in [1.807, 2.05) is 19.1 Å². The number of nitrogens with one attached hydrogen (secondary N) is 1. The van der Waals surface area contributed by atoms with E-state index in [0.29, 0.717) is 34.3 Å². The molecule has 1 amide bonds. The molecule has 2 aromatic rings. The van der Waals surface area contributed by atoms with Gasteiger partial charge in [-0.2, -0.15) is 0 Å². The summed E-state index contributed by atoms with van der Waals surface area (Å²) >= 11 is 5.88. The highest BCUT2D eigenvalue weighted by Gasteiger charge is 2.12. The number of para-hydroxylation sites is 2. The molecule has 3 N–H and O–H groups in total. The van der Waals surface area contributed by atoms with Gasteiger partial charge in [-0.3, -0.25) is 4.79 Å².